The van der Waals surface area contributed by atoms with Crippen LogP contribution in [-0.4, -0.2) is 0 Å². The summed E-state index contributed by atoms with van der Waals surface area (Å²) in [5, 5.41) is 0. The van der Waals surface area contributed by atoms with Crippen molar-refractivity contribution >= 4 is 58.4 Å². The molecule has 7 aromatic rings. The summed E-state index contributed by atoms with van der Waals surface area (Å²) in [6.45, 7) is 4.25. The highest BCUT2D eigenvalue weighted by Gasteiger charge is 2.13. The van der Waals surface area contributed by atoms with E-state index in [2.05, 4.69) is 230 Å². The molecule has 0 saturated carbocycles. The van der Waals surface area contributed by atoms with Gasteiger partial charge in [-0.1, -0.05) is 145 Å². The molecule has 0 fully saturated rings. The van der Waals surface area contributed by atoms with E-state index in [4.69, 9.17) is 0 Å². The van der Waals surface area contributed by atoms with Gasteiger partial charge in [0.05, 0.1) is 0 Å². The summed E-state index contributed by atoms with van der Waals surface area (Å²) in [7, 11) is 0. The van der Waals surface area contributed by atoms with E-state index in [1.807, 2.05) is 0 Å². The molecule has 0 amide bonds. The fourth-order valence-electron chi connectivity index (χ4n) is 6.09. The largest absolute Gasteiger partial charge is 0.311 e. The maximum absolute atomic E-state index is 2.31. The van der Waals surface area contributed by atoms with Crippen LogP contribution < -0.4 is 9.80 Å². The van der Waals surface area contributed by atoms with E-state index in [1.54, 1.807) is 0 Å². The number of para-hydroxylation sites is 2. The lowest BCUT2D eigenvalue weighted by Gasteiger charge is -2.25. The smallest absolute Gasteiger partial charge is 0.0462 e. The van der Waals surface area contributed by atoms with Crippen LogP contribution in [0, 0.1) is 13.8 Å². The van der Waals surface area contributed by atoms with Crippen LogP contribution in [0.25, 0.3) is 24.3 Å². The maximum Gasteiger partial charge on any atom is 0.0462 e. The number of hydrogen-bond donors (Lipinski definition) is 0. The van der Waals surface area contributed by atoms with Crippen molar-refractivity contribution < 1.29 is 0 Å². The van der Waals surface area contributed by atoms with E-state index in [1.165, 1.54) is 22.3 Å². The van der Waals surface area contributed by atoms with Crippen molar-refractivity contribution in [3.05, 3.63) is 215 Å². The zero-order chi connectivity index (χ0) is 34.1. The quantitative estimate of drug-likeness (QED) is 0.137. The summed E-state index contributed by atoms with van der Waals surface area (Å²) in [5.41, 5.74) is 13.9. The minimum absolute atomic E-state index is 1.12. The van der Waals surface area contributed by atoms with Crippen molar-refractivity contribution in [3.8, 4) is 0 Å². The maximum atomic E-state index is 2.31. The molecule has 0 spiro atoms. The van der Waals surface area contributed by atoms with E-state index in [9.17, 15) is 0 Å². The average Bonchev–Trinajstić information content (AvgIpc) is 3.17. The molecule has 0 radical (unpaired) electrons. The normalized spacial score (nSPS) is 11.2. The fraction of sp³-hybridized carbons (Fsp3) is 0.0417. The van der Waals surface area contributed by atoms with Crippen molar-refractivity contribution in [2.24, 2.45) is 0 Å². The predicted octanol–water partition coefficient (Wildman–Crippen LogP) is 13.6. The van der Waals surface area contributed by atoms with Gasteiger partial charge in [0.1, 0.15) is 0 Å². The molecule has 0 N–H and O–H groups in total. The van der Waals surface area contributed by atoms with Gasteiger partial charge in [-0.05, 0) is 109 Å². The lowest BCUT2D eigenvalue weighted by Crippen LogP contribution is -2.09. The van der Waals surface area contributed by atoms with Gasteiger partial charge in [-0.25, -0.2) is 0 Å². The molecule has 0 heterocycles. The second kappa shape index (κ2) is 15.2. The van der Waals surface area contributed by atoms with E-state index < -0.39 is 0 Å². The lowest BCUT2D eigenvalue weighted by molar-refractivity contribution is 1.27. The Morgan fingerprint density at radius 3 is 0.900 bits per heavy atom. The topological polar surface area (TPSA) is 6.48 Å². The van der Waals surface area contributed by atoms with E-state index in [0.717, 1.165) is 45.3 Å². The molecular weight excluding hydrogens is 605 g/mol. The van der Waals surface area contributed by atoms with Gasteiger partial charge in [-0.15, -0.1) is 0 Å². The van der Waals surface area contributed by atoms with Gasteiger partial charge in [-0.2, -0.15) is 0 Å². The Morgan fingerprint density at radius 1 is 0.280 bits per heavy atom. The van der Waals surface area contributed by atoms with Crippen LogP contribution in [0.15, 0.2) is 182 Å². The van der Waals surface area contributed by atoms with Crippen molar-refractivity contribution in [3.63, 3.8) is 0 Å². The second-order valence-corrected chi connectivity index (χ2v) is 12.5. The van der Waals surface area contributed by atoms with Crippen molar-refractivity contribution in [1.82, 2.24) is 0 Å². The molecule has 242 valence electrons. The first kappa shape index (κ1) is 32.2. The molecular formula is C48H40N2. The van der Waals surface area contributed by atoms with Crippen molar-refractivity contribution in [2.75, 3.05) is 9.80 Å². The fourth-order valence-corrected chi connectivity index (χ4v) is 6.09. The molecule has 7 rings (SSSR count). The molecule has 7 aromatic carbocycles. The molecule has 0 aliphatic rings. The van der Waals surface area contributed by atoms with Gasteiger partial charge in [0.15, 0.2) is 0 Å². The highest BCUT2D eigenvalue weighted by Crippen LogP contribution is 2.36. The Hall–Kier alpha value is -6.38. The summed E-state index contributed by atoms with van der Waals surface area (Å²) >= 11 is 0. The third kappa shape index (κ3) is 7.67. The molecule has 0 aromatic heterocycles. The Balaban J connectivity index is 1.09. The van der Waals surface area contributed by atoms with Gasteiger partial charge < -0.3 is 9.80 Å². The minimum atomic E-state index is 1.12. The lowest BCUT2D eigenvalue weighted by atomic mass is 10.0. The first-order valence-electron chi connectivity index (χ1n) is 17.1. The molecule has 0 unspecified atom stereocenters. The van der Waals surface area contributed by atoms with Crippen LogP contribution in [0.4, 0.5) is 34.1 Å². The van der Waals surface area contributed by atoms with Crippen LogP contribution in [0.3, 0.4) is 0 Å². The number of rotatable bonds is 10. The number of aryl methyl sites for hydroxylation is 2. The summed E-state index contributed by atoms with van der Waals surface area (Å²) in [6.07, 6.45) is 8.78. The molecule has 0 aliphatic heterocycles. The molecule has 0 saturated heterocycles. The van der Waals surface area contributed by atoms with Gasteiger partial charge in [0.25, 0.3) is 0 Å². The molecule has 2 heteroatoms. The summed E-state index contributed by atoms with van der Waals surface area (Å²) in [6, 6.07) is 64.5. The molecule has 50 heavy (non-hydrogen) atoms. The average molecular weight is 645 g/mol. The van der Waals surface area contributed by atoms with Crippen LogP contribution in [-0.2, 0) is 0 Å². The summed E-state index contributed by atoms with van der Waals surface area (Å²) in [5.74, 6) is 0. The second-order valence-electron chi connectivity index (χ2n) is 12.5. The zero-order valence-corrected chi connectivity index (χ0v) is 28.5. The highest BCUT2D eigenvalue weighted by atomic mass is 15.1. The van der Waals surface area contributed by atoms with E-state index >= 15 is 0 Å². The Morgan fingerprint density at radius 2 is 0.560 bits per heavy atom. The number of nitrogens with zero attached hydrogens (tertiary/aromatic N) is 2. The third-order valence-corrected chi connectivity index (χ3v) is 8.82. The van der Waals surface area contributed by atoms with Crippen LogP contribution in [0.1, 0.15) is 33.4 Å². The first-order valence-corrected chi connectivity index (χ1v) is 17.1. The van der Waals surface area contributed by atoms with Gasteiger partial charge >= 0.3 is 0 Å². The van der Waals surface area contributed by atoms with Crippen LogP contribution in [0.5, 0.6) is 0 Å². The van der Waals surface area contributed by atoms with Gasteiger partial charge in [-0.3, -0.25) is 0 Å². The van der Waals surface area contributed by atoms with Gasteiger partial charge in [0.2, 0.25) is 0 Å². The van der Waals surface area contributed by atoms with Gasteiger partial charge in [0, 0.05) is 34.1 Å². The number of hydrogen-bond acceptors (Lipinski definition) is 2. The Kier molecular flexibility index (Phi) is 9.80. The van der Waals surface area contributed by atoms with E-state index in [-0.39, 0.29) is 0 Å². The standard InChI is InChI=1S/C48H40N2/c1-37-17-29-45(30-18-37)50(46-31-19-38(2)20-32-46)48-35-25-40(26-36-48)22-28-42-12-10-9-11-41(42)27-21-39-23-33-47(34-24-39)49(43-13-5-3-6-14-43)44-15-7-4-8-16-44/h3-36H,1-2H3/b27-21+,28-22+. The van der Waals surface area contributed by atoms with Crippen molar-refractivity contribution in [2.45, 2.75) is 13.8 Å². The van der Waals surface area contributed by atoms with E-state index in [0.29, 0.717) is 0 Å². The first-order chi connectivity index (χ1) is 24.6. The van der Waals surface area contributed by atoms with Crippen LogP contribution in [0.2, 0.25) is 0 Å². The van der Waals surface area contributed by atoms with Crippen molar-refractivity contribution in [1.29, 1.82) is 0 Å². The summed E-state index contributed by atoms with van der Waals surface area (Å²) < 4.78 is 0. The minimum Gasteiger partial charge on any atom is -0.311 e. The molecule has 2 nitrogen and oxygen atoms in total. The monoisotopic (exact) mass is 644 g/mol. The highest BCUT2D eigenvalue weighted by molar-refractivity contribution is 5.82. The zero-order valence-electron chi connectivity index (χ0n) is 28.5. The number of anilines is 6. The predicted molar refractivity (Wildman–Crippen MR) is 216 cm³/mol. The number of benzene rings is 7. The Bertz CT molecular complexity index is 2090. The molecule has 0 atom stereocenters. The SMILES string of the molecule is Cc1ccc(N(c2ccc(C)cc2)c2ccc(/C=C/c3ccccc3/C=C/c3ccc(N(c4ccccc4)c4ccccc4)cc3)cc2)cc1. The summed E-state index contributed by atoms with van der Waals surface area (Å²) in [4.78, 5) is 4.59. The third-order valence-electron chi connectivity index (χ3n) is 8.82. The molecule has 0 aliphatic carbocycles. The molecule has 0 bridgehead atoms. The van der Waals surface area contributed by atoms with Crippen LogP contribution >= 0.6 is 0 Å². The Labute approximate surface area is 296 Å².